The first kappa shape index (κ1) is 18.6. The molecule has 1 heterocycles. The van der Waals surface area contributed by atoms with Gasteiger partial charge in [0.15, 0.2) is 4.34 Å². The molecular formula is C15H17F2N3O2S2. The van der Waals surface area contributed by atoms with Crippen LogP contribution in [0.2, 0.25) is 0 Å². The zero-order valence-electron chi connectivity index (χ0n) is 13.2. The summed E-state index contributed by atoms with van der Waals surface area (Å²) in [5, 5.41) is 10.9. The van der Waals surface area contributed by atoms with Crippen molar-refractivity contribution in [2.45, 2.75) is 30.7 Å². The number of thioether (sulfide) groups is 1. The molecule has 24 heavy (non-hydrogen) atoms. The fraction of sp³-hybridized carbons (Fsp3) is 0.400. The molecule has 0 bridgehead atoms. The summed E-state index contributed by atoms with van der Waals surface area (Å²) < 4.78 is 32.9. The predicted molar refractivity (Wildman–Crippen MR) is 89.5 cm³/mol. The van der Waals surface area contributed by atoms with E-state index in [1.807, 2.05) is 13.8 Å². The van der Waals surface area contributed by atoms with E-state index in [9.17, 15) is 13.6 Å². The number of carbonyl (C=O) groups is 1. The van der Waals surface area contributed by atoms with Crippen LogP contribution in [0.1, 0.15) is 19.4 Å². The molecule has 2 aromatic rings. The highest BCUT2D eigenvalue weighted by atomic mass is 32.2. The summed E-state index contributed by atoms with van der Waals surface area (Å²) in [6, 6.07) is 3.70. The molecule has 9 heteroatoms. The number of benzene rings is 1. The lowest BCUT2D eigenvalue weighted by Gasteiger charge is -2.06. The van der Waals surface area contributed by atoms with Gasteiger partial charge in [0.25, 0.3) is 5.19 Å². The van der Waals surface area contributed by atoms with Crippen molar-refractivity contribution in [1.82, 2.24) is 15.5 Å². The number of amides is 1. The minimum absolute atomic E-state index is 0.0119. The van der Waals surface area contributed by atoms with E-state index in [0.717, 1.165) is 0 Å². The molecule has 5 nitrogen and oxygen atoms in total. The van der Waals surface area contributed by atoms with Gasteiger partial charge in [-0.25, -0.2) is 8.78 Å². The minimum atomic E-state index is -0.606. The number of rotatable bonds is 8. The van der Waals surface area contributed by atoms with E-state index in [1.54, 1.807) is 0 Å². The summed E-state index contributed by atoms with van der Waals surface area (Å²) >= 11 is 2.50. The van der Waals surface area contributed by atoms with Crippen molar-refractivity contribution in [3.8, 4) is 5.19 Å². The van der Waals surface area contributed by atoms with Crippen molar-refractivity contribution in [1.29, 1.82) is 0 Å². The van der Waals surface area contributed by atoms with Gasteiger partial charge in [0.2, 0.25) is 5.91 Å². The Kier molecular flexibility index (Phi) is 6.92. The first-order chi connectivity index (χ1) is 11.5. The van der Waals surface area contributed by atoms with Crippen molar-refractivity contribution in [3.05, 3.63) is 35.4 Å². The summed E-state index contributed by atoms with van der Waals surface area (Å²) in [4.78, 5) is 11.8. The molecule has 0 aliphatic carbocycles. The van der Waals surface area contributed by atoms with Gasteiger partial charge >= 0.3 is 0 Å². The van der Waals surface area contributed by atoms with Gasteiger partial charge in [-0.3, -0.25) is 4.79 Å². The van der Waals surface area contributed by atoms with E-state index in [-0.39, 0.29) is 36.3 Å². The van der Waals surface area contributed by atoms with Gasteiger partial charge in [-0.2, -0.15) is 0 Å². The van der Waals surface area contributed by atoms with Gasteiger partial charge < -0.3 is 10.1 Å². The molecule has 0 saturated carbocycles. The molecular weight excluding hydrogens is 356 g/mol. The molecule has 0 fully saturated rings. The van der Waals surface area contributed by atoms with Crippen LogP contribution in [-0.2, 0) is 11.2 Å². The number of carbonyl (C=O) groups excluding carboxylic acids is 1. The molecule has 0 atom stereocenters. The number of halogens is 2. The van der Waals surface area contributed by atoms with Gasteiger partial charge in [-0.05, 0) is 43.7 Å². The Hall–Kier alpha value is -1.74. The third-order valence-electron chi connectivity index (χ3n) is 2.81. The summed E-state index contributed by atoms with van der Waals surface area (Å²) in [6.07, 6.45) is 0.109. The second-order valence-corrected chi connectivity index (χ2v) is 7.25. The maximum Gasteiger partial charge on any atom is 0.295 e. The Morgan fingerprint density at radius 2 is 2.04 bits per heavy atom. The number of hydrogen-bond donors (Lipinski definition) is 1. The summed E-state index contributed by atoms with van der Waals surface area (Å²) in [5.41, 5.74) is -0.0231. The molecule has 0 aliphatic heterocycles. The van der Waals surface area contributed by atoms with Crippen LogP contribution in [0.3, 0.4) is 0 Å². The first-order valence-corrected chi connectivity index (χ1v) is 9.08. The summed E-state index contributed by atoms with van der Waals surface area (Å²) in [7, 11) is 0. The molecule has 2 rings (SSSR count). The molecule has 0 radical (unpaired) electrons. The second-order valence-electron chi connectivity index (χ2n) is 5.09. The third kappa shape index (κ3) is 5.72. The van der Waals surface area contributed by atoms with Crippen LogP contribution in [0.15, 0.2) is 22.5 Å². The summed E-state index contributed by atoms with van der Waals surface area (Å²) in [6.45, 7) is 3.94. The van der Waals surface area contributed by atoms with Gasteiger partial charge in [0.05, 0.1) is 11.9 Å². The topological polar surface area (TPSA) is 64.1 Å². The predicted octanol–water partition coefficient (Wildman–Crippen LogP) is 3.05. The second kappa shape index (κ2) is 8.93. The Bertz CT molecular complexity index is 675. The van der Waals surface area contributed by atoms with Crippen LogP contribution in [0.25, 0.3) is 0 Å². The Balaban J connectivity index is 1.73. The number of hydrogen-bond acceptors (Lipinski definition) is 6. The molecule has 130 valence electrons. The van der Waals surface area contributed by atoms with E-state index < -0.39 is 11.6 Å². The Morgan fingerprint density at radius 3 is 2.71 bits per heavy atom. The van der Waals surface area contributed by atoms with Crippen molar-refractivity contribution in [2.24, 2.45) is 0 Å². The Morgan fingerprint density at radius 1 is 1.33 bits per heavy atom. The van der Waals surface area contributed by atoms with E-state index in [1.165, 1.54) is 41.3 Å². The molecule has 0 unspecified atom stereocenters. The van der Waals surface area contributed by atoms with Crippen molar-refractivity contribution in [2.75, 3.05) is 12.3 Å². The van der Waals surface area contributed by atoms with Crippen LogP contribution in [-0.4, -0.2) is 34.5 Å². The summed E-state index contributed by atoms with van der Waals surface area (Å²) in [5.74, 6) is -1.30. The molecule has 1 amide bonds. The zero-order chi connectivity index (χ0) is 17.5. The molecule has 0 aliphatic rings. The van der Waals surface area contributed by atoms with Gasteiger partial charge in [0.1, 0.15) is 11.6 Å². The number of nitrogens with one attached hydrogen (secondary N) is 1. The van der Waals surface area contributed by atoms with Crippen molar-refractivity contribution >= 4 is 29.0 Å². The monoisotopic (exact) mass is 373 g/mol. The highest BCUT2D eigenvalue weighted by molar-refractivity contribution is 8.01. The molecule has 0 saturated heterocycles. The molecule has 0 spiro atoms. The average Bonchev–Trinajstić information content (AvgIpc) is 2.95. The van der Waals surface area contributed by atoms with Gasteiger partial charge in [-0.15, -0.1) is 5.10 Å². The lowest BCUT2D eigenvalue weighted by atomic mass is 10.1. The maximum atomic E-state index is 13.5. The highest BCUT2D eigenvalue weighted by Gasteiger charge is 2.11. The fourth-order valence-corrected chi connectivity index (χ4v) is 3.42. The van der Waals surface area contributed by atoms with Gasteiger partial charge in [0, 0.05) is 12.1 Å². The zero-order valence-corrected chi connectivity index (χ0v) is 14.8. The maximum absolute atomic E-state index is 13.5. The third-order valence-corrected chi connectivity index (χ3v) is 4.76. The van der Waals surface area contributed by atoms with Crippen LogP contribution in [0, 0.1) is 11.6 Å². The van der Waals surface area contributed by atoms with E-state index in [0.29, 0.717) is 9.53 Å². The van der Waals surface area contributed by atoms with E-state index in [4.69, 9.17) is 4.74 Å². The van der Waals surface area contributed by atoms with E-state index in [2.05, 4.69) is 15.5 Å². The number of ether oxygens (including phenoxy) is 1. The lowest BCUT2D eigenvalue weighted by Crippen LogP contribution is -2.27. The number of aromatic nitrogens is 2. The quantitative estimate of drug-likeness (QED) is 0.721. The van der Waals surface area contributed by atoms with Crippen molar-refractivity contribution in [3.63, 3.8) is 0 Å². The standard InChI is InChI=1S/C15H17F2N3O2S2/c1-9(2)22-14-19-20-15(24-14)23-8-13(21)18-7-6-10-11(16)4-3-5-12(10)17/h3-5,9H,6-8H2,1-2H3,(H,18,21). The highest BCUT2D eigenvalue weighted by Crippen LogP contribution is 2.27. The molecule has 1 aromatic carbocycles. The van der Waals surface area contributed by atoms with E-state index >= 15 is 0 Å². The normalized spacial score (nSPS) is 10.9. The minimum Gasteiger partial charge on any atom is -0.466 e. The van der Waals surface area contributed by atoms with Crippen LogP contribution < -0.4 is 10.1 Å². The first-order valence-electron chi connectivity index (χ1n) is 7.28. The van der Waals surface area contributed by atoms with Crippen LogP contribution in [0.5, 0.6) is 5.19 Å². The smallest absolute Gasteiger partial charge is 0.295 e. The van der Waals surface area contributed by atoms with Crippen molar-refractivity contribution < 1.29 is 18.3 Å². The Labute approximate surface area is 146 Å². The lowest BCUT2D eigenvalue weighted by molar-refractivity contribution is -0.118. The van der Waals surface area contributed by atoms with Crippen LogP contribution in [0.4, 0.5) is 8.78 Å². The molecule has 1 aromatic heterocycles. The van der Waals surface area contributed by atoms with Crippen LogP contribution >= 0.6 is 23.1 Å². The fourth-order valence-electron chi connectivity index (χ4n) is 1.78. The average molecular weight is 373 g/mol. The SMILES string of the molecule is CC(C)Oc1nnc(SCC(=O)NCCc2c(F)cccc2F)s1. The largest absolute Gasteiger partial charge is 0.466 e. The molecule has 1 N–H and O–H groups in total. The number of nitrogens with zero attached hydrogens (tertiary/aromatic N) is 2. The van der Waals surface area contributed by atoms with Gasteiger partial charge in [-0.1, -0.05) is 22.9 Å².